The number of oxazole rings is 1. The predicted molar refractivity (Wildman–Crippen MR) is 62.1 cm³/mol. The van der Waals surface area contributed by atoms with Crippen molar-refractivity contribution in [2.24, 2.45) is 0 Å². The quantitative estimate of drug-likeness (QED) is 0.672. The summed E-state index contributed by atoms with van der Waals surface area (Å²) in [5.74, 6) is -1.06. The van der Waals surface area contributed by atoms with Gasteiger partial charge in [-0.15, -0.1) is 11.6 Å². The Morgan fingerprint density at radius 3 is 3.06 bits per heavy atom. The zero-order chi connectivity index (χ0) is 12.4. The van der Waals surface area contributed by atoms with Crippen LogP contribution >= 0.6 is 11.6 Å². The fourth-order valence-electron chi connectivity index (χ4n) is 1.48. The first-order chi connectivity index (χ1) is 8.11. The van der Waals surface area contributed by atoms with Gasteiger partial charge in [-0.1, -0.05) is 6.07 Å². The van der Waals surface area contributed by atoms with Crippen LogP contribution in [0, 0.1) is 0 Å². The Kier molecular flexibility index (Phi) is 3.19. The predicted octanol–water partition coefficient (Wildman–Crippen LogP) is 1.96. The average molecular weight is 256 g/mol. The molecule has 1 N–H and O–H groups in total. The van der Waals surface area contributed by atoms with Gasteiger partial charge in [-0.05, 0) is 24.6 Å². The second-order valence-corrected chi connectivity index (χ2v) is 3.82. The van der Waals surface area contributed by atoms with E-state index in [4.69, 9.17) is 20.8 Å². The average Bonchev–Trinajstić information content (AvgIpc) is 2.67. The number of ether oxygens (including phenoxy) is 1. The van der Waals surface area contributed by atoms with Gasteiger partial charge in [0.25, 0.3) is 0 Å². The van der Waals surface area contributed by atoms with Crippen molar-refractivity contribution in [1.82, 2.24) is 4.98 Å². The minimum absolute atomic E-state index is 0.271. The molecule has 1 aromatic heterocycles. The summed E-state index contributed by atoms with van der Waals surface area (Å²) in [7, 11) is 0. The largest absolute Gasteiger partial charge is 0.465 e. The molecule has 0 fully saturated rings. The molecule has 5 nitrogen and oxygen atoms in total. The highest BCUT2D eigenvalue weighted by molar-refractivity contribution is 6.30. The van der Waals surface area contributed by atoms with E-state index in [1.54, 1.807) is 25.1 Å². The molecule has 0 spiro atoms. The maximum atomic E-state index is 11.4. The molecule has 0 saturated heterocycles. The summed E-state index contributed by atoms with van der Waals surface area (Å²) in [5, 5.41) is -0.891. The fraction of sp³-hybridized carbons (Fsp3) is 0.273. The van der Waals surface area contributed by atoms with Crippen LogP contribution in [0.2, 0.25) is 0 Å². The molecule has 1 unspecified atom stereocenters. The fourth-order valence-corrected chi connectivity index (χ4v) is 1.68. The van der Waals surface area contributed by atoms with E-state index < -0.39 is 17.1 Å². The number of benzene rings is 1. The molecule has 0 aliphatic carbocycles. The van der Waals surface area contributed by atoms with Crippen molar-refractivity contribution in [2.75, 3.05) is 6.61 Å². The van der Waals surface area contributed by atoms with Crippen molar-refractivity contribution < 1.29 is 13.9 Å². The number of nitrogens with one attached hydrogen (secondary N) is 1. The molecule has 0 radical (unpaired) electrons. The molecule has 0 saturated carbocycles. The highest BCUT2D eigenvalue weighted by Gasteiger charge is 2.19. The molecule has 6 heteroatoms. The Labute approximate surface area is 101 Å². The Morgan fingerprint density at radius 2 is 2.35 bits per heavy atom. The minimum Gasteiger partial charge on any atom is -0.465 e. The van der Waals surface area contributed by atoms with Gasteiger partial charge in [0.1, 0.15) is 0 Å². The Balaban J connectivity index is 2.35. The van der Waals surface area contributed by atoms with Gasteiger partial charge in [0.2, 0.25) is 0 Å². The second kappa shape index (κ2) is 4.63. The summed E-state index contributed by atoms with van der Waals surface area (Å²) in [4.78, 5) is 24.9. The highest BCUT2D eigenvalue weighted by Crippen LogP contribution is 2.24. The zero-order valence-electron chi connectivity index (χ0n) is 9.03. The van der Waals surface area contributed by atoms with E-state index in [1.165, 1.54) is 0 Å². The second-order valence-electron chi connectivity index (χ2n) is 3.38. The lowest BCUT2D eigenvalue weighted by atomic mass is 10.1. The molecule has 0 bridgehead atoms. The number of aromatic amines is 1. The van der Waals surface area contributed by atoms with Crippen molar-refractivity contribution in [1.29, 1.82) is 0 Å². The molecular weight excluding hydrogens is 246 g/mol. The number of hydrogen-bond donors (Lipinski definition) is 1. The third-order valence-electron chi connectivity index (χ3n) is 2.23. The van der Waals surface area contributed by atoms with Gasteiger partial charge in [0, 0.05) is 0 Å². The van der Waals surface area contributed by atoms with Crippen LogP contribution in [-0.4, -0.2) is 17.6 Å². The SMILES string of the molecule is CCOC(=O)C(Cl)c1ccc2oc(=O)[nH]c2c1. The summed E-state index contributed by atoms with van der Waals surface area (Å²) in [6.45, 7) is 1.98. The molecular formula is C11H10ClNO4. The van der Waals surface area contributed by atoms with Crippen LogP contribution in [-0.2, 0) is 9.53 Å². The van der Waals surface area contributed by atoms with Crippen LogP contribution in [0.4, 0.5) is 0 Å². The number of esters is 1. The van der Waals surface area contributed by atoms with E-state index in [2.05, 4.69) is 4.98 Å². The number of rotatable bonds is 3. The van der Waals surface area contributed by atoms with Crippen molar-refractivity contribution in [3.63, 3.8) is 0 Å². The molecule has 2 aromatic rings. The summed E-state index contributed by atoms with van der Waals surface area (Å²) < 4.78 is 9.65. The summed E-state index contributed by atoms with van der Waals surface area (Å²) >= 11 is 5.95. The highest BCUT2D eigenvalue weighted by atomic mass is 35.5. The number of H-pyrrole nitrogens is 1. The molecule has 1 heterocycles. The molecule has 1 aromatic carbocycles. The topological polar surface area (TPSA) is 72.3 Å². The number of fused-ring (bicyclic) bond motifs is 1. The third kappa shape index (κ3) is 2.34. The number of aromatic nitrogens is 1. The molecule has 2 rings (SSSR count). The van der Waals surface area contributed by atoms with Crippen LogP contribution in [0.5, 0.6) is 0 Å². The molecule has 1 atom stereocenters. The van der Waals surface area contributed by atoms with Crippen LogP contribution in [0.25, 0.3) is 11.1 Å². The zero-order valence-corrected chi connectivity index (χ0v) is 9.78. The number of carbonyl (C=O) groups excluding carboxylic acids is 1. The molecule has 0 amide bonds. The molecule has 90 valence electrons. The van der Waals surface area contributed by atoms with Gasteiger partial charge in [-0.25, -0.2) is 4.79 Å². The van der Waals surface area contributed by atoms with Gasteiger partial charge < -0.3 is 9.15 Å². The van der Waals surface area contributed by atoms with E-state index in [0.717, 1.165) is 0 Å². The van der Waals surface area contributed by atoms with Gasteiger partial charge in [0.05, 0.1) is 12.1 Å². The van der Waals surface area contributed by atoms with Gasteiger partial charge in [-0.3, -0.25) is 9.78 Å². The number of hydrogen-bond acceptors (Lipinski definition) is 4. The van der Waals surface area contributed by atoms with Gasteiger partial charge in [0.15, 0.2) is 11.0 Å². The van der Waals surface area contributed by atoms with Crippen LogP contribution in [0.1, 0.15) is 17.9 Å². The van der Waals surface area contributed by atoms with E-state index in [1.807, 2.05) is 0 Å². The first kappa shape index (κ1) is 11.7. The van der Waals surface area contributed by atoms with Crippen molar-refractivity contribution in [3.8, 4) is 0 Å². The van der Waals surface area contributed by atoms with E-state index >= 15 is 0 Å². The van der Waals surface area contributed by atoms with E-state index in [9.17, 15) is 9.59 Å². The van der Waals surface area contributed by atoms with Gasteiger partial charge >= 0.3 is 11.7 Å². The van der Waals surface area contributed by atoms with Crippen molar-refractivity contribution in [2.45, 2.75) is 12.3 Å². The lowest BCUT2D eigenvalue weighted by molar-refractivity contribution is -0.142. The van der Waals surface area contributed by atoms with Crippen LogP contribution < -0.4 is 5.76 Å². The van der Waals surface area contributed by atoms with Crippen molar-refractivity contribution in [3.05, 3.63) is 34.3 Å². The maximum Gasteiger partial charge on any atom is 0.417 e. The Bertz CT molecular complexity index is 601. The Morgan fingerprint density at radius 1 is 1.59 bits per heavy atom. The molecule has 17 heavy (non-hydrogen) atoms. The number of carbonyl (C=O) groups is 1. The first-order valence-electron chi connectivity index (χ1n) is 5.05. The van der Waals surface area contributed by atoms with Crippen LogP contribution in [0.15, 0.2) is 27.4 Å². The van der Waals surface area contributed by atoms with Gasteiger partial charge in [-0.2, -0.15) is 0 Å². The lowest BCUT2D eigenvalue weighted by Crippen LogP contribution is -2.10. The lowest BCUT2D eigenvalue weighted by Gasteiger charge is -2.08. The summed E-state index contributed by atoms with van der Waals surface area (Å²) in [6, 6.07) is 4.79. The van der Waals surface area contributed by atoms with E-state index in [-0.39, 0.29) is 6.61 Å². The first-order valence-corrected chi connectivity index (χ1v) is 5.49. The third-order valence-corrected chi connectivity index (χ3v) is 2.66. The molecule has 0 aliphatic heterocycles. The normalized spacial score (nSPS) is 12.6. The molecule has 0 aliphatic rings. The van der Waals surface area contributed by atoms with Crippen molar-refractivity contribution >= 4 is 28.7 Å². The summed E-state index contributed by atoms with van der Waals surface area (Å²) in [5.41, 5.74) is 1.48. The number of halogens is 1. The standard InChI is InChI=1S/C11H10ClNO4/c1-2-16-10(14)9(12)6-3-4-8-7(5-6)13-11(15)17-8/h3-5,9H,2H2,1H3,(H,13,15). The Hall–Kier alpha value is -1.75. The minimum atomic E-state index is -0.891. The van der Waals surface area contributed by atoms with Crippen LogP contribution in [0.3, 0.4) is 0 Å². The van der Waals surface area contributed by atoms with E-state index in [0.29, 0.717) is 16.7 Å². The monoisotopic (exact) mass is 255 g/mol. The maximum absolute atomic E-state index is 11.4. The smallest absolute Gasteiger partial charge is 0.417 e. The summed E-state index contributed by atoms with van der Waals surface area (Å²) in [6.07, 6.45) is 0. The number of alkyl halides is 1.